The topological polar surface area (TPSA) is 115 Å². The summed E-state index contributed by atoms with van der Waals surface area (Å²) in [5.41, 5.74) is 9.68. The number of nitrogens with two attached hydrogens (primary N) is 2. The summed E-state index contributed by atoms with van der Waals surface area (Å²) in [6, 6.07) is 0. The molecule has 0 radical (unpaired) electrons. The quantitative estimate of drug-likeness (QED) is 0.441. The minimum atomic E-state index is -3.59. The average molecular weight is 211 g/mol. The number of thiocarbonyl (C=S) groups is 1. The highest BCUT2D eigenvalue weighted by Gasteiger charge is 2.11. The molecule has 0 bridgehead atoms. The molecule has 1 amide bonds. The summed E-state index contributed by atoms with van der Waals surface area (Å²) < 4.78 is 23.6. The van der Waals surface area contributed by atoms with Gasteiger partial charge in [0.15, 0.2) is 0 Å². The second kappa shape index (κ2) is 4.33. The lowest BCUT2D eigenvalue weighted by Crippen LogP contribution is -2.37. The fourth-order valence-electron chi connectivity index (χ4n) is 0.419. The van der Waals surface area contributed by atoms with Gasteiger partial charge in [0.05, 0.1) is 11.5 Å². The van der Waals surface area contributed by atoms with Crippen LogP contribution >= 0.6 is 12.2 Å². The van der Waals surface area contributed by atoms with Crippen molar-refractivity contribution in [3.63, 3.8) is 0 Å². The Labute approximate surface area is 75.3 Å². The Bertz CT molecular complexity index is 284. The predicted octanol–water partition coefficient (Wildman–Crippen LogP) is -2.32. The molecule has 0 aliphatic rings. The highest BCUT2D eigenvalue weighted by molar-refractivity contribution is 7.92. The summed E-state index contributed by atoms with van der Waals surface area (Å²) in [5.74, 6) is -1.24. The fourth-order valence-corrected chi connectivity index (χ4v) is 1.72. The molecule has 0 fully saturated rings. The molecule has 0 saturated carbocycles. The van der Waals surface area contributed by atoms with Crippen molar-refractivity contribution in [2.45, 2.75) is 0 Å². The van der Waals surface area contributed by atoms with Crippen LogP contribution in [0.5, 0.6) is 0 Å². The van der Waals surface area contributed by atoms with Crippen LogP contribution < -0.4 is 16.2 Å². The van der Waals surface area contributed by atoms with Gasteiger partial charge in [-0.05, 0) is 0 Å². The van der Waals surface area contributed by atoms with Crippen LogP contribution in [0, 0.1) is 0 Å². The Morgan fingerprint density at radius 3 is 2.25 bits per heavy atom. The van der Waals surface area contributed by atoms with Gasteiger partial charge in [0.25, 0.3) is 0 Å². The molecule has 0 atom stereocenters. The minimum Gasteiger partial charge on any atom is -0.392 e. The van der Waals surface area contributed by atoms with Gasteiger partial charge in [0, 0.05) is 0 Å². The lowest BCUT2D eigenvalue weighted by atomic mass is 10.7. The van der Waals surface area contributed by atoms with Crippen LogP contribution in [0.1, 0.15) is 0 Å². The summed E-state index contributed by atoms with van der Waals surface area (Å²) in [5, 5.41) is 0. The smallest absolute Gasteiger partial charge is 0.232 e. The van der Waals surface area contributed by atoms with Gasteiger partial charge in [-0.3, -0.25) is 4.79 Å². The first-order chi connectivity index (χ1) is 5.33. The number of carbonyl (C=O) groups excluding carboxylic acids is 1. The van der Waals surface area contributed by atoms with Gasteiger partial charge in [-0.2, -0.15) is 0 Å². The summed E-state index contributed by atoms with van der Waals surface area (Å²) in [7, 11) is -3.59. The predicted molar refractivity (Wildman–Crippen MR) is 47.8 cm³/mol. The number of nitrogens with one attached hydrogen (secondary N) is 1. The number of sulfonamides is 1. The summed E-state index contributed by atoms with van der Waals surface area (Å²) in [6.45, 7) is -0.440. The molecule has 0 aromatic heterocycles. The van der Waals surface area contributed by atoms with Crippen LogP contribution in [0.3, 0.4) is 0 Å². The molecule has 0 heterocycles. The molecular formula is C4H9N3O3S2. The molecule has 70 valence electrons. The van der Waals surface area contributed by atoms with E-state index in [4.69, 9.17) is 11.5 Å². The number of carbonyl (C=O) groups is 1. The molecule has 8 heteroatoms. The van der Waals surface area contributed by atoms with Crippen LogP contribution in [-0.4, -0.2) is 31.6 Å². The second-order valence-corrected chi connectivity index (χ2v) is 4.34. The molecule has 0 saturated heterocycles. The number of primary amides is 1. The lowest BCUT2D eigenvalue weighted by Gasteiger charge is -2.02. The van der Waals surface area contributed by atoms with Crippen molar-refractivity contribution in [1.82, 2.24) is 4.72 Å². The monoisotopic (exact) mass is 211 g/mol. The van der Waals surface area contributed by atoms with Crippen LogP contribution in [0.15, 0.2) is 0 Å². The van der Waals surface area contributed by atoms with Crippen molar-refractivity contribution >= 4 is 33.1 Å². The van der Waals surface area contributed by atoms with Crippen LogP contribution in [0.2, 0.25) is 0 Å². The van der Waals surface area contributed by atoms with Gasteiger partial charge in [0.2, 0.25) is 15.9 Å². The first-order valence-corrected chi connectivity index (χ1v) is 4.93. The van der Waals surface area contributed by atoms with E-state index in [1.165, 1.54) is 0 Å². The molecule has 0 spiro atoms. The fraction of sp³-hybridized carbons (Fsp3) is 0.500. The molecule has 0 rings (SSSR count). The Hall–Kier alpha value is -0.730. The third-order valence-corrected chi connectivity index (χ3v) is 2.40. The highest BCUT2D eigenvalue weighted by atomic mass is 32.2. The zero-order valence-corrected chi connectivity index (χ0v) is 7.74. The Morgan fingerprint density at radius 1 is 1.42 bits per heavy atom. The first-order valence-electron chi connectivity index (χ1n) is 2.87. The molecule has 5 N–H and O–H groups in total. The van der Waals surface area contributed by atoms with Crippen LogP contribution in [0.25, 0.3) is 0 Å². The summed E-state index contributed by atoms with van der Waals surface area (Å²) >= 11 is 4.37. The lowest BCUT2D eigenvalue weighted by molar-refractivity contribution is -0.116. The third kappa shape index (κ3) is 6.01. The Balaban J connectivity index is 4.06. The van der Waals surface area contributed by atoms with Gasteiger partial charge in [-0.1, -0.05) is 12.2 Å². The highest BCUT2D eigenvalue weighted by Crippen LogP contribution is 1.82. The Kier molecular flexibility index (Phi) is 4.07. The maximum Gasteiger partial charge on any atom is 0.232 e. The number of hydrogen-bond donors (Lipinski definition) is 3. The van der Waals surface area contributed by atoms with Crippen LogP contribution in [-0.2, 0) is 14.8 Å². The molecule has 0 aliphatic carbocycles. The molecule has 12 heavy (non-hydrogen) atoms. The third-order valence-electron chi connectivity index (χ3n) is 0.799. The number of amides is 1. The van der Waals surface area contributed by atoms with Gasteiger partial charge in [-0.15, -0.1) is 0 Å². The van der Waals surface area contributed by atoms with Crippen molar-refractivity contribution < 1.29 is 13.2 Å². The van der Waals surface area contributed by atoms with E-state index in [-0.39, 0.29) is 4.99 Å². The van der Waals surface area contributed by atoms with E-state index in [9.17, 15) is 13.2 Å². The van der Waals surface area contributed by atoms with Gasteiger partial charge >= 0.3 is 0 Å². The van der Waals surface area contributed by atoms with Crippen LogP contribution in [0.4, 0.5) is 0 Å². The first kappa shape index (κ1) is 11.3. The zero-order chi connectivity index (χ0) is 9.78. The van der Waals surface area contributed by atoms with E-state index in [1.807, 2.05) is 4.72 Å². The number of hydrogen-bond acceptors (Lipinski definition) is 4. The van der Waals surface area contributed by atoms with Crippen molar-refractivity contribution in [2.75, 3.05) is 12.3 Å². The second-order valence-electron chi connectivity index (χ2n) is 2.01. The Morgan fingerprint density at radius 2 is 1.92 bits per heavy atom. The van der Waals surface area contributed by atoms with Crippen molar-refractivity contribution in [2.24, 2.45) is 11.5 Å². The summed E-state index contributed by atoms with van der Waals surface area (Å²) in [6.07, 6.45) is 0. The largest absolute Gasteiger partial charge is 0.392 e. The van der Waals surface area contributed by atoms with E-state index < -0.39 is 28.2 Å². The van der Waals surface area contributed by atoms with Crippen molar-refractivity contribution in [1.29, 1.82) is 0 Å². The van der Waals surface area contributed by atoms with Gasteiger partial charge in [0.1, 0.15) is 5.75 Å². The van der Waals surface area contributed by atoms with E-state index >= 15 is 0 Å². The van der Waals surface area contributed by atoms with E-state index in [2.05, 4.69) is 12.2 Å². The molecule has 0 unspecified atom stereocenters. The number of rotatable bonds is 5. The minimum absolute atomic E-state index is 0.160. The van der Waals surface area contributed by atoms with Crippen molar-refractivity contribution in [3.8, 4) is 0 Å². The molecule has 0 aromatic carbocycles. The SMILES string of the molecule is NC(=O)CNS(=O)(=O)CC(N)=S. The van der Waals surface area contributed by atoms with E-state index in [1.54, 1.807) is 0 Å². The van der Waals surface area contributed by atoms with E-state index in [0.717, 1.165) is 0 Å². The summed E-state index contributed by atoms with van der Waals surface area (Å²) in [4.78, 5) is 10.0. The average Bonchev–Trinajstić information content (AvgIpc) is 1.81. The van der Waals surface area contributed by atoms with Gasteiger partial charge in [-0.25, -0.2) is 13.1 Å². The zero-order valence-electron chi connectivity index (χ0n) is 6.11. The molecule has 6 nitrogen and oxygen atoms in total. The standard InChI is InChI=1S/C4H9N3O3S2/c5-3(8)1-7-12(9,10)2-4(6)11/h7H,1-2H2,(H2,5,8)(H2,6,11). The molecular weight excluding hydrogens is 202 g/mol. The molecule has 0 aliphatic heterocycles. The maximum absolute atomic E-state index is 10.9. The normalized spacial score (nSPS) is 11.0. The van der Waals surface area contributed by atoms with Crippen molar-refractivity contribution in [3.05, 3.63) is 0 Å². The molecule has 0 aromatic rings. The maximum atomic E-state index is 10.9. The van der Waals surface area contributed by atoms with Gasteiger partial charge < -0.3 is 11.5 Å². The van der Waals surface area contributed by atoms with E-state index in [0.29, 0.717) is 0 Å².